The first-order valence-corrected chi connectivity index (χ1v) is 7.50. The number of fused-ring (bicyclic) bond motifs is 1. The highest BCUT2D eigenvalue weighted by atomic mass is 19.1. The summed E-state index contributed by atoms with van der Waals surface area (Å²) in [5, 5.41) is 3.00. The van der Waals surface area contributed by atoms with Crippen LogP contribution < -0.4 is 19.5 Å². The fourth-order valence-corrected chi connectivity index (χ4v) is 2.65. The molecule has 2 aromatic rings. The van der Waals surface area contributed by atoms with Crippen molar-refractivity contribution in [3.8, 4) is 17.2 Å². The van der Waals surface area contributed by atoms with E-state index in [1.165, 1.54) is 18.2 Å². The molecule has 0 radical (unpaired) electrons. The van der Waals surface area contributed by atoms with Crippen LogP contribution in [0.2, 0.25) is 0 Å². The Bertz CT molecular complexity index is 1060. The number of rotatable bonds is 4. The van der Waals surface area contributed by atoms with Crippen molar-refractivity contribution in [2.24, 2.45) is 5.89 Å². The summed E-state index contributed by atoms with van der Waals surface area (Å²) in [7, 11) is 0. The van der Waals surface area contributed by atoms with Gasteiger partial charge in [-0.15, -0.1) is 0 Å². The standard InChI is InChI=1S/C19H20FNO3/c20-15-3-1-13(2-4-15)17-7-8-21-10-14(17)11-22-16-5-6-18-19(9-16)24-12-23-18/h1-6,9,14,17,21H,7-8,10-12H2/t14?,17-/m0/s1/i1D,2D,3D,4D,12D2,14D,17D. The van der Waals surface area contributed by atoms with E-state index < -0.39 is 48.5 Å². The van der Waals surface area contributed by atoms with Crippen molar-refractivity contribution in [2.75, 3.05) is 26.4 Å². The fourth-order valence-electron chi connectivity index (χ4n) is 2.65. The Labute approximate surface area is 151 Å². The smallest absolute Gasteiger partial charge is 0.231 e. The van der Waals surface area contributed by atoms with Gasteiger partial charge < -0.3 is 19.5 Å². The van der Waals surface area contributed by atoms with Crippen LogP contribution in [0.25, 0.3) is 0 Å². The van der Waals surface area contributed by atoms with Gasteiger partial charge in [-0.05, 0) is 48.6 Å². The van der Waals surface area contributed by atoms with Gasteiger partial charge in [-0.1, -0.05) is 12.1 Å². The SMILES string of the molecule is [2H]c1c([2H])c([C@]2([2H])CCNCC2([2H])COc2ccc3c(c2)OC([2H])([2H])O3)c([2H])c([2H])c1F. The molecular weight excluding hydrogens is 309 g/mol. The Kier molecular flexibility index (Phi) is 2.43. The third-order valence-corrected chi connectivity index (χ3v) is 3.84. The van der Waals surface area contributed by atoms with E-state index in [2.05, 4.69) is 5.32 Å². The summed E-state index contributed by atoms with van der Waals surface area (Å²) < 4.78 is 94.8. The van der Waals surface area contributed by atoms with E-state index in [0.29, 0.717) is 6.54 Å². The number of halogens is 1. The molecule has 0 bridgehead atoms. The van der Waals surface area contributed by atoms with Gasteiger partial charge in [-0.3, -0.25) is 0 Å². The molecule has 2 heterocycles. The topological polar surface area (TPSA) is 39.7 Å². The first kappa shape index (κ1) is 8.72. The van der Waals surface area contributed by atoms with E-state index in [9.17, 15) is 4.39 Å². The summed E-state index contributed by atoms with van der Waals surface area (Å²) in [4.78, 5) is 0. The molecule has 4 nitrogen and oxygen atoms in total. The molecule has 0 saturated carbocycles. The van der Waals surface area contributed by atoms with Gasteiger partial charge in [0.15, 0.2) is 11.5 Å². The van der Waals surface area contributed by atoms with E-state index in [4.69, 9.17) is 25.2 Å². The Morgan fingerprint density at radius 2 is 2.12 bits per heavy atom. The number of ether oxygens (including phenoxy) is 3. The molecule has 0 spiro atoms. The molecule has 2 aromatic carbocycles. The Hall–Kier alpha value is -2.27. The number of hydrogen-bond acceptors (Lipinski definition) is 4. The van der Waals surface area contributed by atoms with Crippen LogP contribution in [-0.2, 0) is 0 Å². The molecule has 126 valence electrons. The highest BCUT2D eigenvalue weighted by Crippen LogP contribution is 2.36. The number of benzene rings is 2. The molecular formula is C19H20FNO3. The molecule has 1 N–H and O–H groups in total. The monoisotopic (exact) mass is 337 g/mol. The number of piperidine rings is 1. The normalized spacial score (nSPS) is 35.4. The zero-order chi connectivity index (χ0) is 23.5. The third-order valence-electron chi connectivity index (χ3n) is 3.84. The van der Waals surface area contributed by atoms with Crippen molar-refractivity contribution in [2.45, 2.75) is 12.3 Å². The van der Waals surface area contributed by atoms with Crippen LogP contribution in [0.5, 0.6) is 17.2 Å². The molecule has 2 atom stereocenters. The zero-order valence-electron chi connectivity index (χ0n) is 20.7. The second kappa shape index (κ2) is 6.69. The van der Waals surface area contributed by atoms with Gasteiger partial charge in [0, 0.05) is 21.2 Å². The van der Waals surface area contributed by atoms with Crippen LogP contribution in [0, 0.1) is 11.7 Å². The minimum atomic E-state index is -2.30. The van der Waals surface area contributed by atoms with Crippen LogP contribution in [0.4, 0.5) is 4.39 Å². The lowest BCUT2D eigenvalue weighted by molar-refractivity contribution is 0.173. The Morgan fingerprint density at radius 1 is 1.29 bits per heavy atom. The van der Waals surface area contributed by atoms with Crippen molar-refractivity contribution in [1.29, 1.82) is 0 Å². The lowest BCUT2D eigenvalue weighted by atomic mass is 9.81. The molecule has 1 fully saturated rings. The largest absolute Gasteiger partial charge is 0.493 e. The van der Waals surface area contributed by atoms with Gasteiger partial charge in [0.25, 0.3) is 0 Å². The summed E-state index contributed by atoms with van der Waals surface area (Å²) in [5.74, 6) is -4.44. The fraction of sp³-hybridized carbons (Fsp3) is 0.368. The maximum atomic E-state index is 14.0. The second-order valence-corrected chi connectivity index (χ2v) is 5.38. The van der Waals surface area contributed by atoms with Gasteiger partial charge >= 0.3 is 0 Å². The molecule has 0 aliphatic carbocycles. The molecule has 0 amide bonds. The molecule has 2 aliphatic rings. The molecule has 1 unspecified atom stereocenters. The lowest BCUT2D eigenvalue weighted by Crippen LogP contribution is -2.38. The third kappa shape index (κ3) is 3.17. The van der Waals surface area contributed by atoms with E-state index in [1.54, 1.807) is 0 Å². The van der Waals surface area contributed by atoms with E-state index in [-0.39, 0.29) is 42.4 Å². The zero-order valence-corrected chi connectivity index (χ0v) is 12.7. The van der Waals surface area contributed by atoms with Crippen LogP contribution in [0.3, 0.4) is 0 Å². The first-order chi connectivity index (χ1) is 14.9. The predicted molar refractivity (Wildman–Crippen MR) is 88.2 cm³/mol. The van der Waals surface area contributed by atoms with Gasteiger partial charge in [-0.2, -0.15) is 0 Å². The summed E-state index contributed by atoms with van der Waals surface area (Å²) in [5.41, 5.74) is -0.340. The Balaban J connectivity index is 1.67. The average molecular weight is 337 g/mol. The highest BCUT2D eigenvalue weighted by molar-refractivity contribution is 5.46. The van der Waals surface area contributed by atoms with Gasteiger partial charge in [-0.25, -0.2) is 4.39 Å². The number of nitrogens with one attached hydrogen (secondary N) is 1. The van der Waals surface area contributed by atoms with Crippen molar-refractivity contribution >= 4 is 0 Å². The lowest BCUT2D eigenvalue weighted by Gasteiger charge is -2.32. The van der Waals surface area contributed by atoms with E-state index in [1.807, 2.05) is 0 Å². The summed E-state index contributed by atoms with van der Waals surface area (Å²) in [6.45, 7) is -2.42. The quantitative estimate of drug-likeness (QED) is 0.929. The molecule has 2 aliphatic heterocycles. The predicted octanol–water partition coefficient (Wildman–Crippen LogP) is 3.33. The average Bonchev–Trinajstić information content (AvgIpc) is 3.05. The Morgan fingerprint density at radius 3 is 3.00 bits per heavy atom. The second-order valence-electron chi connectivity index (χ2n) is 5.38. The summed E-state index contributed by atoms with van der Waals surface area (Å²) in [6.07, 6.45) is -0.0104. The molecule has 5 heteroatoms. The highest BCUT2D eigenvalue weighted by Gasteiger charge is 2.27. The van der Waals surface area contributed by atoms with Crippen LogP contribution in [-0.4, -0.2) is 26.4 Å². The van der Waals surface area contributed by atoms with Gasteiger partial charge in [0.1, 0.15) is 14.3 Å². The van der Waals surface area contributed by atoms with Gasteiger partial charge in [0.05, 0.1) is 12.1 Å². The van der Waals surface area contributed by atoms with Crippen molar-refractivity contribution in [3.63, 3.8) is 0 Å². The minimum Gasteiger partial charge on any atom is -0.493 e. The maximum absolute atomic E-state index is 14.0. The maximum Gasteiger partial charge on any atom is 0.231 e. The van der Waals surface area contributed by atoms with Crippen molar-refractivity contribution in [1.82, 2.24) is 5.32 Å². The van der Waals surface area contributed by atoms with Gasteiger partial charge in [0.2, 0.25) is 6.75 Å². The van der Waals surface area contributed by atoms with Crippen molar-refractivity contribution < 1.29 is 29.6 Å². The van der Waals surface area contributed by atoms with Crippen LogP contribution in [0.1, 0.15) is 28.8 Å². The van der Waals surface area contributed by atoms with E-state index in [0.717, 1.165) is 0 Å². The first-order valence-electron chi connectivity index (χ1n) is 11.5. The molecule has 0 aromatic heterocycles. The summed E-state index contributed by atoms with van der Waals surface area (Å²) >= 11 is 0. The van der Waals surface area contributed by atoms with Crippen LogP contribution >= 0.6 is 0 Å². The molecule has 1 saturated heterocycles. The van der Waals surface area contributed by atoms with E-state index >= 15 is 0 Å². The minimum absolute atomic E-state index is 0.0104. The molecule has 4 rings (SSSR count). The van der Waals surface area contributed by atoms with Crippen LogP contribution in [0.15, 0.2) is 42.4 Å². The van der Waals surface area contributed by atoms with Crippen molar-refractivity contribution in [3.05, 3.63) is 53.7 Å². The molecule has 24 heavy (non-hydrogen) atoms. The summed E-state index contributed by atoms with van der Waals surface area (Å²) in [6, 6.07) is 1.21. The number of hydrogen-bond donors (Lipinski definition) is 1.